The Hall–Kier alpha value is -3.01. The minimum Gasteiger partial charge on any atom is -0.397 e. The molecule has 1 aromatic carbocycles. The van der Waals surface area contributed by atoms with Crippen LogP contribution in [0, 0.1) is 22.8 Å². The van der Waals surface area contributed by atoms with Crippen molar-refractivity contribution in [3.05, 3.63) is 44.4 Å². The van der Waals surface area contributed by atoms with Crippen LogP contribution in [0.3, 0.4) is 0 Å². The van der Waals surface area contributed by atoms with Crippen LogP contribution in [0.5, 0.6) is 0 Å². The molecule has 0 fully saturated rings. The first-order valence-electron chi connectivity index (χ1n) is 6.90. The van der Waals surface area contributed by atoms with Crippen molar-refractivity contribution in [2.75, 3.05) is 16.8 Å². The van der Waals surface area contributed by atoms with Crippen LogP contribution < -0.4 is 22.1 Å². The zero-order chi connectivity index (χ0) is 18.1. The maximum Gasteiger partial charge on any atom is 0.211 e. The highest BCUT2D eigenvalue weighted by atomic mass is 79.9. The molecule has 2 heterocycles. The number of nitrogens with two attached hydrogens (primary N) is 2. The van der Waals surface area contributed by atoms with Gasteiger partial charge in [-0.2, -0.15) is 10.5 Å². The van der Waals surface area contributed by atoms with Gasteiger partial charge in [-0.3, -0.25) is 5.32 Å². The topological polar surface area (TPSA) is 149 Å². The van der Waals surface area contributed by atoms with Gasteiger partial charge in [0, 0.05) is 10.0 Å². The minimum absolute atomic E-state index is 0.00274. The van der Waals surface area contributed by atoms with Crippen molar-refractivity contribution in [1.82, 2.24) is 10.3 Å². The Morgan fingerprint density at radius 1 is 1.32 bits per heavy atom. The molecule has 1 aliphatic heterocycles. The lowest BCUT2D eigenvalue weighted by Gasteiger charge is -2.26. The number of aliphatic imine (C=N–C) groups is 1. The number of nitrogens with one attached hydrogen (secondary N) is 2. The first-order chi connectivity index (χ1) is 12.0. The highest BCUT2D eigenvalue weighted by molar-refractivity contribution is 9.10. The van der Waals surface area contributed by atoms with E-state index in [2.05, 4.69) is 36.5 Å². The summed E-state index contributed by atoms with van der Waals surface area (Å²) >= 11 is 9.52. The van der Waals surface area contributed by atoms with Crippen molar-refractivity contribution in [3.8, 4) is 12.3 Å². The molecule has 1 unspecified atom stereocenters. The summed E-state index contributed by atoms with van der Waals surface area (Å²) in [6, 6.07) is 6.65. The van der Waals surface area contributed by atoms with Gasteiger partial charge in [-0.05, 0) is 33.6 Å². The number of guanidine groups is 1. The van der Waals surface area contributed by atoms with Crippen LogP contribution in [0.15, 0.2) is 27.7 Å². The number of hydrogen-bond acceptors (Lipinski definition) is 8. The van der Waals surface area contributed by atoms with Gasteiger partial charge < -0.3 is 16.8 Å². The molecule has 0 bridgehead atoms. The molecule has 0 saturated carbocycles. The number of nitrogens with zero attached hydrogens (tertiary/aromatic N) is 4. The number of rotatable bonds is 1. The van der Waals surface area contributed by atoms with E-state index in [1.807, 2.05) is 12.1 Å². The molecule has 3 rings (SSSR count). The van der Waals surface area contributed by atoms with Crippen LogP contribution in [0.1, 0.15) is 22.7 Å². The van der Waals surface area contributed by atoms with Crippen LogP contribution in [0.25, 0.3) is 0 Å². The van der Waals surface area contributed by atoms with Crippen LogP contribution in [-0.4, -0.2) is 10.9 Å². The quantitative estimate of drug-likeness (QED) is 0.411. The van der Waals surface area contributed by atoms with Crippen LogP contribution in [0.2, 0.25) is 5.02 Å². The lowest BCUT2D eigenvalue weighted by molar-refractivity contribution is 0.846. The summed E-state index contributed by atoms with van der Waals surface area (Å²) in [6.07, 6.45) is 1.79. The predicted octanol–water partition coefficient (Wildman–Crippen LogP) is 2.48. The van der Waals surface area contributed by atoms with E-state index < -0.39 is 6.04 Å². The lowest BCUT2D eigenvalue weighted by atomic mass is 9.95. The maximum atomic E-state index is 9.29. The van der Waals surface area contributed by atoms with Gasteiger partial charge in [-0.1, -0.05) is 17.7 Å². The van der Waals surface area contributed by atoms with Crippen LogP contribution >= 0.6 is 27.5 Å². The molecule has 124 valence electrons. The van der Waals surface area contributed by atoms with Gasteiger partial charge in [0.1, 0.15) is 29.3 Å². The summed E-state index contributed by atoms with van der Waals surface area (Å²) < 4.78 is 0.729. The molecule has 0 amide bonds. The van der Waals surface area contributed by atoms with Gasteiger partial charge in [-0.15, -0.1) is 0 Å². The molecule has 25 heavy (non-hydrogen) atoms. The summed E-state index contributed by atoms with van der Waals surface area (Å²) in [5.41, 5.74) is 13.4. The number of nitrogen functional groups attached to an aromatic ring is 2. The first kappa shape index (κ1) is 16.8. The van der Waals surface area contributed by atoms with E-state index in [9.17, 15) is 5.26 Å². The number of benzene rings is 1. The Bertz CT molecular complexity index is 988. The highest BCUT2D eigenvalue weighted by Crippen LogP contribution is 2.41. The Labute approximate surface area is 156 Å². The summed E-state index contributed by atoms with van der Waals surface area (Å²) in [4.78, 5) is 8.63. The molecule has 0 saturated heterocycles. The zero-order valence-corrected chi connectivity index (χ0v) is 14.9. The monoisotopic (exact) mass is 416 g/mol. The lowest BCUT2D eigenvalue weighted by Crippen LogP contribution is -2.32. The molecule has 8 nitrogen and oxygen atoms in total. The molecule has 6 N–H and O–H groups in total. The molecule has 1 atom stereocenters. The van der Waals surface area contributed by atoms with Crippen LogP contribution in [0.4, 0.5) is 17.3 Å². The number of fused-ring (bicyclic) bond motifs is 1. The first-order valence-corrected chi connectivity index (χ1v) is 8.07. The number of anilines is 3. The molecule has 2 aromatic rings. The molecular weight excluding hydrogens is 408 g/mol. The van der Waals surface area contributed by atoms with Gasteiger partial charge in [0.05, 0.1) is 10.7 Å². The third kappa shape index (κ3) is 2.91. The number of nitriles is 2. The van der Waals surface area contributed by atoms with Crippen molar-refractivity contribution in [1.29, 1.82) is 10.5 Å². The second-order valence-electron chi connectivity index (χ2n) is 5.08. The number of hydrogen-bond donors (Lipinski definition) is 4. The van der Waals surface area contributed by atoms with E-state index in [1.54, 1.807) is 18.3 Å². The van der Waals surface area contributed by atoms with Gasteiger partial charge >= 0.3 is 0 Å². The van der Waals surface area contributed by atoms with Crippen LogP contribution in [-0.2, 0) is 0 Å². The Kier molecular flexibility index (Phi) is 4.36. The maximum absolute atomic E-state index is 9.29. The number of halogens is 2. The van der Waals surface area contributed by atoms with E-state index in [1.165, 1.54) is 0 Å². The van der Waals surface area contributed by atoms with E-state index >= 15 is 0 Å². The molecular formula is C15H10BrClN8. The zero-order valence-electron chi connectivity index (χ0n) is 12.5. The van der Waals surface area contributed by atoms with Gasteiger partial charge in [-0.25, -0.2) is 9.98 Å². The average Bonchev–Trinajstić information content (AvgIpc) is 2.57. The third-order valence-electron chi connectivity index (χ3n) is 3.62. The third-order valence-corrected chi connectivity index (χ3v) is 4.85. The number of aromatic nitrogens is 1. The largest absolute Gasteiger partial charge is 0.397 e. The standard InChI is InChI=1S/C15H10BrClN8/c16-8-2-1-6(3-9(8)17)12-10-11(20)7(4-18)13(21)24-14(10)25-15(23-12)22-5-19/h1-3,12H,(H6,20,21,22,23,24,25). The second kappa shape index (κ2) is 6.48. The summed E-state index contributed by atoms with van der Waals surface area (Å²) in [6.45, 7) is 0. The fourth-order valence-electron chi connectivity index (χ4n) is 2.50. The normalized spacial score (nSPS) is 15.2. The van der Waals surface area contributed by atoms with E-state index in [0.29, 0.717) is 16.4 Å². The smallest absolute Gasteiger partial charge is 0.211 e. The molecule has 1 aliphatic rings. The summed E-state index contributed by atoms with van der Waals surface area (Å²) in [5.74, 6) is 0.512. The molecule has 0 aliphatic carbocycles. The van der Waals surface area contributed by atoms with Gasteiger partial charge in [0.15, 0.2) is 6.19 Å². The Morgan fingerprint density at radius 3 is 2.72 bits per heavy atom. The average molecular weight is 418 g/mol. The van der Waals surface area contributed by atoms with Crippen molar-refractivity contribution < 1.29 is 0 Å². The fraction of sp³-hybridized carbons (Fsp3) is 0.0667. The summed E-state index contributed by atoms with van der Waals surface area (Å²) in [7, 11) is 0. The fourth-order valence-corrected chi connectivity index (χ4v) is 2.94. The Balaban J connectivity index is 2.25. The van der Waals surface area contributed by atoms with E-state index in [0.717, 1.165) is 10.0 Å². The number of pyridine rings is 1. The highest BCUT2D eigenvalue weighted by Gasteiger charge is 2.29. The van der Waals surface area contributed by atoms with E-state index in [4.69, 9.17) is 28.3 Å². The van der Waals surface area contributed by atoms with Crippen molar-refractivity contribution in [3.63, 3.8) is 0 Å². The van der Waals surface area contributed by atoms with E-state index in [-0.39, 0.29) is 23.0 Å². The van der Waals surface area contributed by atoms with Crippen molar-refractivity contribution in [2.45, 2.75) is 6.04 Å². The molecule has 10 heteroatoms. The predicted molar refractivity (Wildman–Crippen MR) is 98.6 cm³/mol. The minimum atomic E-state index is -0.613. The molecule has 1 aromatic heterocycles. The molecule has 0 spiro atoms. The SMILES string of the molecule is N#CNC1=NC(c2ccc(Br)c(Cl)c2)c2c(nc(N)c(C#N)c2N)N1. The Morgan fingerprint density at radius 2 is 2.08 bits per heavy atom. The summed E-state index contributed by atoms with van der Waals surface area (Å²) in [5, 5.41) is 23.9. The van der Waals surface area contributed by atoms with Gasteiger partial charge in [0.2, 0.25) is 5.96 Å². The molecule has 0 radical (unpaired) electrons. The van der Waals surface area contributed by atoms with Crippen molar-refractivity contribution >= 4 is 50.8 Å². The van der Waals surface area contributed by atoms with Crippen molar-refractivity contribution in [2.24, 2.45) is 4.99 Å². The second-order valence-corrected chi connectivity index (χ2v) is 6.34. The van der Waals surface area contributed by atoms with Gasteiger partial charge in [0.25, 0.3) is 0 Å².